The molecule has 3 heteroatoms. The maximum absolute atomic E-state index is 13.5. The van der Waals surface area contributed by atoms with Crippen LogP contribution in [-0.2, 0) is 0 Å². The van der Waals surface area contributed by atoms with Gasteiger partial charge in [-0.3, -0.25) is 0 Å². The Labute approximate surface area is 149 Å². The fourth-order valence-electron chi connectivity index (χ4n) is 4.87. The van der Waals surface area contributed by atoms with E-state index in [1.807, 2.05) is 0 Å². The van der Waals surface area contributed by atoms with E-state index in [9.17, 15) is 13.2 Å². The van der Waals surface area contributed by atoms with Crippen LogP contribution in [-0.4, -0.2) is 0 Å². The summed E-state index contributed by atoms with van der Waals surface area (Å²) in [4.78, 5) is 0. The van der Waals surface area contributed by atoms with E-state index in [1.165, 1.54) is 37.8 Å². The maximum atomic E-state index is 13.5. The van der Waals surface area contributed by atoms with Gasteiger partial charge in [0.05, 0.1) is 0 Å². The lowest BCUT2D eigenvalue weighted by atomic mass is 9.68. The van der Waals surface area contributed by atoms with Crippen LogP contribution in [0.15, 0.2) is 24.3 Å². The average molecular weight is 350 g/mol. The van der Waals surface area contributed by atoms with Gasteiger partial charge in [0, 0.05) is 0 Å². The largest absolute Gasteiger partial charge is 0.204 e. The molecule has 0 nitrogen and oxygen atoms in total. The molecule has 0 aliphatic heterocycles. The van der Waals surface area contributed by atoms with Gasteiger partial charge in [-0.2, -0.15) is 0 Å². The molecule has 0 atom stereocenters. The second-order valence-corrected chi connectivity index (χ2v) is 7.92. The van der Waals surface area contributed by atoms with Gasteiger partial charge in [0.25, 0.3) is 0 Å². The first-order valence-corrected chi connectivity index (χ1v) is 9.89. The van der Waals surface area contributed by atoms with Crippen molar-refractivity contribution in [2.24, 2.45) is 17.8 Å². The van der Waals surface area contributed by atoms with Gasteiger partial charge in [-0.1, -0.05) is 19.1 Å². The van der Waals surface area contributed by atoms with Crippen LogP contribution in [0.3, 0.4) is 0 Å². The average Bonchev–Trinajstić information content (AvgIpc) is 2.64. The molecule has 2 fully saturated rings. The van der Waals surface area contributed by atoms with E-state index in [-0.39, 0.29) is 5.92 Å². The lowest BCUT2D eigenvalue weighted by Gasteiger charge is -2.37. The lowest BCUT2D eigenvalue weighted by Crippen LogP contribution is -2.25. The minimum atomic E-state index is -1.36. The molecule has 25 heavy (non-hydrogen) atoms. The third-order valence-electron chi connectivity index (χ3n) is 6.38. The van der Waals surface area contributed by atoms with E-state index < -0.39 is 17.5 Å². The summed E-state index contributed by atoms with van der Waals surface area (Å²) in [5.41, 5.74) is 0.628. The van der Waals surface area contributed by atoms with E-state index in [0.29, 0.717) is 5.56 Å². The zero-order valence-electron chi connectivity index (χ0n) is 15.1. The topological polar surface area (TPSA) is 0 Å². The van der Waals surface area contributed by atoms with Crippen LogP contribution in [0.1, 0.15) is 76.2 Å². The highest BCUT2D eigenvalue weighted by Gasteiger charge is 2.31. The van der Waals surface area contributed by atoms with Gasteiger partial charge in [-0.15, -0.1) is 0 Å². The monoisotopic (exact) mass is 350 g/mol. The standard InChI is InChI=1S/C22H29F3/c1-2-3-4-15-5-7-16(8-6-15)17-9-11-18(12-10-17)19-13-20(23)22(25)21(24)14-19/h3-4,13-18H,2,5-12H2,1H3. The summed E-state index contributed by atoms with van der Waals surface area (Å²) in [7, 11) is 0. The normalized spacial score (nSPS) is 30.7. The van der Waals surface area contributed by atoms with Crippen molar-refractivity contribution >= 4 is 0 Å². The van der Waals surface area contributed by atoms with Gasteiger partial charge in [-0.05, 0) is 99.2 Å². The minimum Gasteiger partial charge on any atom is -0.204 e. The zero-order valence-corrected chi connectivity index (χ0v) is 15.1. The van der Waals surface area contributed by atoms with Crippen molar-refractivity contribution in [1.29, 1.82) is 0 Å². The highest BCUT2D eigenvalue weighted by Crippen LogP contribution is 2.44. The van der Waals surface area contributed by atoms with Gasteiger partial charge in [-0.25, -0.2) is 13.2 Å². The second kappa shape index (κ2) is 8.42. The van der Waals surface area contributed by atoms with Crippen molar-refractivity contribution in [1.82, 2.24) is 0 Å². The van der Waals surface area contributed by atoms with E-state index in [2.05, 4.69) is 19.1 Å². The summed E-state index contributed by atoms with van der Waals surface area (Å²) in [6.07, 6.45) is 15.2. The Balaban J connectivity index is 1.52. The second-order valence-electron chi connectivity index (χ2n) is 7.92. The van der Waals surface area contributed by atoms with Gasteiger partial charge in [0.2, 0.25) is 0 Å². The molecule has 0 amide bonds. The molecule has 1 aromatic carbocycles. The first-order chi connectivity index (χ1) is 12.1. The molecule has 0 bridgehead atoms. The van der Waals surface area contributed by atoms with Crippen LogP contribution < -0.4 is 0 Å². The third kappa shape index (κ3) is 4.48. The highest BCUT2D eigenvalue weighted by molar-refractivity contribution is 5.23. The quantitative estimate of drug-likeness (QED) is 0.399. The van der Waals surface area contributed by atoms with Crippen molar-refractivity contribution in [2.75, 3.05) is 0 Å². The molecule has 0 aromatic heterocycles. The molecular weight excluding hydrogens is 321 g/mol. The molecule has 1 aromatic rings. The van der Waals surface area contributed by atoms with E-state index in [1.54, 1.807) is 0 Å². The fraction of sp³-hybridized carbons (Fsp3) is 0.636. The SMILES string of the molecule is CCC=CC1CCC(C2CCC(c3cc(F)c(F)c(F)c3)CC2)CC1. The van der Waals surface area contributed by atoms with E-state index >= 15 is 0 Å². The molecular formula is C22H29F3. The zero-order chi connectivity index (χ0) is 17.8. The van der Waals surface area contributed by atoms with Crippen LogP contribution in [0.4, 0.5) is 13.2 Å². The number of hydrogen-bond donors (Lipinski definition) is 0. The first kappa shape index (κ1) is 18.5. The maximum Gasteiger partial charge on any atom is 0.194 e. The van der Waals surface area contributed by atoms with E-state index in [0.717, 1.165) is 49.9 Å². The Hall–Kier alpha value is -1.25. The van der Waals surface area contributed by atoms with Crippen LogP contribution >= 0.6 is 0 Å². The van der Waals surface area contributed by atoms with Gasteiger partial charge in [0.1, 0.15) is 0 Å². The van der Waals surface area contributed by atoms with Gasteiger partial charge >= 0.3 is 0 Å². The van der Waals surface area contributed by atoms with Crippen molar-refractivity contribution in [3.63, 3.8) is 0 Å². The Morgan fingerprint density at radius 2 is 1.36 bits per heavy atom. The summed E-state index contributed by atoms with van der Waals surface area (Å²) in [6.45, 7) is 2.18. The molecule has 2 aliphatic carbocycles. The Kier molecular flexibility index (Phi) is 6.24. The molecule has 0 radical (unpaired) electrons. The van der Waals surface area contributed by atoms with E-state index in [4.69, 9.17) is 0 Å². The summed E-state index contributed by atoms with van der Waals surface area (Å²) in [5.74, 6) is -0.976. The van der Waals surface area contributed by atoms with Crippen LogP contribution in [0.2, 0.25) is 0 Å². The van der Waals surface area contributed by atoms with Gasteiger partial charge < -0.3 is 0 Å². The van der Waals surface area contributed by atoms with Crippen LogP contribution in [0.5, 0.6) is 0 Å². The number of benzene rings is 1. The summed E-state index contributed by atoms with van der Waals surface area (Å²) >= 11 is 0. The molecule has 2 aliphatic rings. The summed E-state index contributed by atoms with van der Waals surface area (Å²) < 4.78 is 40.1. The number of allylic oxidation sites excluding steroid dienone is 2. The summed E-state index contributed by atoms with van der Waals surface area (Å²) in [6, 6.07) is 2.38. The smallest absolute Gasteiger partial charge is 0.194 e. The van der Waals surface area contributed by atoms with Crippen LogP contribution in [0.25, 0.3) is 0 Å². The molecule has 0 saturated heterocycles. The first-order valence-electron chi connectivity index (χ1n) is 9.89. The summed E-state index contributed by atoms with van der Waals surface area (Å²) in [5, 5.41) is 0. The number of rotatable bonds is 4. The number of hydrogen-bond acceptors (Lipinski definition) is 0. The highest BCUT2D eigenvalue weighted by atomic mass is 19.2. The molecule has 0 heterocycles. The van der Waals surface area contributed by atoms with Crippen molar-refractivity contribution < 1.29 is 13.2 Å². The molecule has 0 spiro atoms. The lowest BCUT2D eigenvalue weighted by molar-refractivity contribution is 0.171. The molecule has 3 rings (SSSR count). The number of halogens is 3. The minimum absolute atomic E-state index is 0.171. The van der Waals surface area contributed by atoms with Crippen molar-refractivity contribution in [3.8, 4) is 0 Å². The predicted octanol–water partition coefficient (Wildman–Crippen LogP) is 7.15. The Bertz CT molecular complexity index is 568. The fourth-order valence-corrected chi connectivity index (χ4v) is 4.87. The molecule has 0 N–H and O–H groups in total. The van der Waals surface area contributed by atoms with Crippen LogP contribution in [0, 0.1) is 35.2 Å². The molecule has 138 valence electrons. The third-order valence-corrected chi connectivity index (χ3v) is 6.38. The Morgan fingerprint density at radius 3 is 1.88 bits per heavy atom. The molecule has 2 saturated carbocycles. The predicted molar refractivity (Wildman–Crippen MR) is 95.9 cm³/mol. The Morgan fingerprint density at radius 1 is 0.840 bits per heavy atom. The van der Waals surface area contributed by atoms with Gasteiger partial charge in [0.15, 0.2) is 17.5 Å². The molecule has 0 unspecified atom stereocenters. The van der Waals surface area contributed by atoms with Crippen molar-refractivity contribution in [2.45, 2.75) is 70.6 Å². The van der Waals surface area contributed by atoms with Crippen molar-refractivity contribution in [3.05, 3.63) is 47.3 Å².